The van der Waals surface area contributed by atoms with E-state index in [1.54, 1.807) is 14.2 Å². The van der Waals surface area contributed by atoms with Gasteiger partial charge in [0.15, 0.2) is 0 Å². The van der Waals surface area contributed by atoms with Crippen molar-refractivity contribution in [2.24, 2.45) is 0 Å². The van der Waals surface area contributed by atoms with Gasteiger partial charge in [-0.3, -0.25) is 0 Å². The quantitative estimate of drug-likeness (QED) is 0.925. The highest BCUT2D eigenvalue weighted by atomic mass is 79.9. The third kappa shape index (κ3) is 2.75. The van der Waals surface area contributed by atoms with Crippen molar-refractivity contribution in [3.63, 3.8) is 0 Å². The first-order valence-electron chi connectivity index (χ1n) is 5.77. The first kappa shape index (κ1) is 12.7. The van der Waals surface area contributed by atoms with E-state index in [4.69, 9.17) is 9.47 Å². The SMILES string of the molecule is COc1cc(Br)cc(C)c1NC1CC(OC)C1. The van der Waals surface area contributed by atoms with Crippen LogP contribution in [0.15, 0.2) is 16.6 Å². The molecule has 1 saturated carbocycles. The van der Waals surface area contributed by atoms with Crippen molar-refractivity contribution in [2.75, 3.05) is 19.5 Å². The Morgan fingerprint density at radius 3 is 2.59 bits per heavy atom. The molecular weight excluding hydrogens is 282 g/mol. The van der Waals surface area contributed by atoms with Crippen LogP contribution in [0.1, 0.15) is 18.4 Å². The molecule has 94 valence electrons. The molecule has 0 spiro atoms. The Bertz CT molecular complexity index is 403. The Morgan fingerprint density at radius 2 is 2.00 bits per heavy atom. The summed E-state index contributed by atoms with van der Waals surface area (Å²) in [5.74, 6) is 0.887. The molecule has 4 heteroatoms. The molecule has 0 bridgehead atoms. The Morgan fingerprint density at radius 1 is 1.29 bits per heavy atom. The van der Waals surface area contributed by atoms with Crippen LogP contribution in [0.2, 0.25) is 0 Å². The van der Waals surface area contributed by atoms with E-state index in [9.17, 15) is 0 Å². The van der Waals surface area contributed by atoms with Gasteiger partial charge in [-0.05, 0) is 37.5 Å². The smallest absolute Gasteiger partial charge is 0.143 e. The number of ether oxygens (including phenoxy) is 2. The van der Waals surface area contributed by atoms with Crippen molar-refractivity contribution < 1.29 is 9.47 Å². The minimum absolute atomic E-state index is 0.411. The number of aryl methyl sites for hydroxylation is 1. The fourth-order valence-electron chi connectivity index (χ4n) is 2.14. The van der Waals surface area contributed by atoms with E-state index in [1.807, 2.05) is 6.07 Å². The third-order valence-electron chi connectivity index (χ3n) is 3.26. The number of rotatable bonds is 4. The number of hydrogen-bond acceptors (Lipinski definition) is 3. The molecule has 3 nitrogen and oxygen atoms in total. The minimum atomic E-state index is 0.411. The Balaban J connectivity index is 2.10. The number of methoxy groups -OCH3 is 2. The number of halogens is 1. The lowest BCUT2D eigenvalue weighted by molar-refractivity contribution is 0.0328. The zero-order valence-corrected chi connectivity index (χ0v) is 12.0. The Hall–Kier alpha value is -0.740. The molecule has 1 fully saturated rings. The third-order valence-corrected chi connectivity index (χ3v) is 3.72. The van der Waals surface area contributed by atoms with Crippen molar-refractivity contribution in [1.29, 1.82) is 0 Å². The highest BCUT2D eigenvalue weighted by molar-refractivity contribution is 9.10. The van der Waals surface area contributed by atoms with E-state index in [2.05, 4.69) is 34.2 Å². The van der Waals surface area contributed by atoms with Crippen LogP contribution in [0.25, 0.3) is 0 Å². The summed E-state index contributed by atoms with van der Waals surface area (Å²) in [7, 11) is 3.47. The van der Waals surface area contributed by atoms with E-state index >= 15 is 0 Å². The second kappa shape index (κ2) is 5.27. The van der Waals surface area contributed by atoms with Crippen LogP contribution in [-0.2, 0) is 4.74 Å². The van der Waals surface area contributed by atoms with Gasteiger partial charge in [-0.25, -0.2) is 0 Å². The standard InChI is InChI=1S/C13H18BrNO2/c1-8-4-9(14)5-12(17-3)13(8)15-10-6-11(7-10)16-2/h4-5,10-11,15H,6-7H2,1-3H3. The molecule has 17 heavy (non-hydrogen) atoms. The van der Waals surface area contributed by atoms with Crippen LogP contribution in [0.5, 0.6) is 5.75 Å². The predicted molar refractivity (Wildman–Crippen MR) is 72.9 cm³/mol. The lowest BCUT2D eigenvalue weighted by Gasteiger charge is -2.36. The van der Waals surface area contributed by atoms with Gasteiger partial charge in [0, 0.05) is 17.6 Å². The van der Waals surface area contributed by atoms with Gasteiger partial charge in [-0.15, -0.1) is 0 Å². The first-order valence-corrected chi connectivity index (χ1v) is 6.56. The molecule has 1 aromatic rings. The van der Waals surface area contributed by atoms with Crippen molar-refractivity contribution in [2.45, 2.75) is 31.9 Å². The normalized spacial score (nSPS) is 23.1. The lowest BCUT2D eigenvalue weighted by Crippen LogP contribution is -2.40. The second-order valence-electron chi connectivity index (χ2n) is 4.47. The molecule has 1 N–H and O–H groups in total. The van der Waals surface area contributed by atoms with E-state index in [0.29, 0.717) is 12.1 Å². The van der Waals surface area contributed by atoms with Gasteiger partial charge in [0.2, 0.25) is 0 Å². The Kier molecular flexibility index (Phi) is 3.94. The summed E-state index contributed by atoms with van der Waals surface area (Å²) in [6, 6.07) is 4.58. The van der Waals surface area contributed by atoms with E-state index in [-0.39, 0.29) is 0 Å². The summed E-state index contributed by atoms with van der Waals surface area (Å²) < 4.78 is 11.7. The zero-order valence-electron chi connectivity index (χ0n) is 10.4. The highest BCUT2D eigenvalue weighted by Gasteiger charge is 2.29. The summed E-state index contributed by atoms with van der Waals surface area (Å²) in [6.07, 6.45) is 2.54. The maximum absolute atomic E-state index is 5.41. The molecule has 0 unspecified atom stereocenters. The average molecular weight is 300 g/mol. The second-order valence-corrected chi connectivity index (χ2v) is 5.39. The fraction of sp³-hybridized carbons (Fsp3) is 0.538. The molecule has 0 saturated heterocycles. The zero-order chi connectivity index (χ0) is 12.4. The average Bonchev–Trinajstić information content (AvgIpc) is 2.24. The van der Waals surface area contributed by atoms with Gasteiger partial charge in [-0.1, -0.05) is 15.9 Å². The first-order chi connectivity index (χ1) is 8.13. The summed E-state index contributed by atoms with van der Waals surface area (Å²) in [5.41, 5.74) is 2.28. The van der Waals surface area contributed by atoms with Crippen molar-refractivity contribution in [1.82, 2.24) is 0 Å². The molecule has 2 rings (SSSR count). The molecule has 0 aromatic heterocycles. The van der Waals surface area contributed by atoms with Gasteiger partial charge in [0.25, 0.3) is 0 Å². The largest absolute Gasteiger partial charge is 0.495 e. The Labute approximate surface area is 111 Å². The predicted octanol–water partition coefficient (Wildman–Crippen LogP) is 3.36. The minimum Gasteiger partial charge on any atom is -0.495 e. The van der Waals surface area contributed by atoms with E-state index in [0.717, 1.165) is 28.8 Å². The summed E-state index contributed by atoms with van der Waals surface area (Å²) in [5, 5.41) is 3.53. The van der Waals surface area contributed by atoms with Crippen molar-refractivity contribution >= 4 is 21.6 Å². The van der Waals surface area contributed by atoms with Gasteiger partial charge < -0.3 is 14.8 Å². The molecule has 1 aliphatic rings. The topological polar surface area (TPSA) is 30.5 Å². The van der Waals surface area contributed by atoms with Crippen molar-refractivity contribution in [3.05, 3.63) is 22.2 Å². The molecule has 1 aliphatic carbocycles. The number of nitrogens with one attached hydrogen (secondary N) is 1. The highest BCUT2D eigenvalue weighted by Crippen LogP contribution is 2.35. The molecular formula is C13H18BrNO2. The molecule has 0 aliphatic heterocycles. The van der Waals surface area contributed by atoms with Crippen LogP contribution in [0.3, 0.4) is 0 Å². The maximum atomic E-state index is 5.41. The summed E-state index contributed by atoms with van der Waals surface area (Å²) in [6.45, 7) is 2.09. The number of hydrogen-bond donors (Lipinski definition) is 1. The lowest BCUT2D eigenvalue weighted by atomic mass is 9.89. The van der Waals surface area contributed by atoms with Crippen LogP contribution >= 0.6 is 15.9 Å². The van der Waals surface area contributed by atoms with Gasteiger partial charge in [0.1, 0.15) is 5.75 Å². The number of benzene rings is 1. The fourth-order valence-corrected chi connectivity index (χ4v) is 2.69. The van der Waals surface area contributed by atoms with Crippen LogP contribution in [0.4, 0.5) is 5.69 Å². The molecule has 0 atom stereocenters. The summed E-state index contributed by atoms with van der Waals surface area (Å²) in [4.78, 5) is 0. The van der Waals surface area contributed by atoms with Crippen LogP contribution in [-0.4, -0.2) is 26.4 Å². The maximum Gasteiger partial charge on any atom is 0.143 e. The van der Waals surface area contributed by atoms with Gasteiger partial charge in [-0.2, -0.15) is 0 Å². The molecule has 0 radical (unpaired) electrons. The molecule has 0 amide bonds. The van der Waals surface area contributed by atoms with E-state index < -0.39 is 0 Å². The molecule has 0 heterocycles. The van der Waals surface area contributed by atoms with Gasteiger partial charge >= 0.3 is 0 Å². The monoisotopic (exact) mass is 299 g/mol. The van der Waals surface area contributed by atoms with Gasteiger partial charge in [0.05, 0.1) is 18.9 Å². The van der Waals surface area contributed by atoms with Crippen molar-refractivity contribution in [3.8, 4) is 5.75 Å². The van der Waals surface area contributed by atoms with E-state index in [1.165, 1.54) is 5.56 Å². The number of anilines is 1. The van der Waals surface area contributed by atoms with Crippen LogP contribution < -0.4 is 10.1 Å². The molecule has 1 aromatic carbocycles. The summed E-state index contributed by atoms with van der Waals surface area (Å²) >= 11 is 3.48. The van der Waals surface area contributed by atoms with Crippen LogP contribution in [0, 0.1) is 6.92 Å².